The van der Waals surface area contributed by atoms with Gasteiger partial charge in [-0.15, -0.1) is 11.3 Å². The summed E-state index contributed by atoms with van der Waals surface area (Å²) in [6.45, 7) is 0.956. The SMILES string of the molecule is NC(=O)C1(Cc2ccc(-c3cccs3)cc2)CCN(C(=O)c2cnccn2)CC1. The fourth-order valence-corrected chi connectivity index (χ4v) is 4.57. The Morgan fingerprint density at radius 1 is 1.10 bits per heavy atom. The summed E-state index contributed by atoms with van der Waals surface area (Å²) >= 11 is 1.70. The molecule has 3 heterocycles. The first-order chi connectivity index (χ1) is 14.1. The van der Waals surface area contributed by atoms with Crippen LogP contribution in [0.1, 0.15) is 28.9 Å². The van der Waals surface area contributed by atoms with Gasteiger partial charge in [-0.3, -0.25) is 14.6 Å². The number of amides is 2. The van der Waals surface area contributed by atoms with Crippen LogP contribution in [0, 0.1) is 5.41 Å². The van der Waals surface area contributed by atoms with Crippen molar-refractivity contribution in [2.24, 2.45) is 11.1 Å². The molecule has 2 N–H and O–H groups in total. The van der Waals surface area contributed by atoms with Gasteiger partial charge in [0.1, 0.15) is 5.69 Å². The van der Waals surface area contributed by atoms with Gasteiger partial charge in [0.2, 0.25) is 5.91 Å². The number of nitrogens with zero attached hydrogens (tertiary/aromatic N) is 3. The summed E-state index contributed by atoms with van der Waals surface area (Å²) in [7, 11) is 0. The van der Waals surface area contributed by atoms with Crippen LogP contribution in [-0.2, 0) is 11.2 Å². The molecule has 4 rings (SSSR count). The van der Waals surface area contributed by atoms with Gasteiger partial charge in [-0.05, 0) is 41.8 Å². The van der Waals surface area contributed by atoms with Crippen molar-refractivity contribution >= 4 is 23.2 Å². The molecule has 0 radical (unpaired) electrons. The molecular weight excluding hydrogens is 384 g/mol. The maximum Gasteiger partial charge on any atom is 0.274 e. The van der Waals surface area contributed by atoms with Gasteiger partial charge in [0.05, 0.1) is 11.6 Å². The van der Waals surface area contributed by atoms with E-state index >= 15 is 0 Å². The van der Waals surface area contributed by atoms with Crippen LogP contribution in [0.25, 0.3) is 10.4 Å². The second-order valence-corrected chi connectivity index (χ2v) is 8.33. The lowest BCUT2D eigenvalue weighted by Gasteiger charge is -2.39. The number of piperidine rings is 1. The Morgan fingerprint density at radius 2 is 1.86 bits per heavy atom. The van der Waals surface area contributed by atoms with Crippen molar-refractivity contribution in [3.8, 4) is 10.4 Å². The molecule has 1 saturated heterocycles. The Balaban J connectivity index is 1.45. The molecule has 148 valence electrons. The molecule has 1 aliphatic heterocycles. The lowest BCUT2D eigenvalue weighted by molar-refractivity contribution is -0.130. The highest BCUT2D eigenvalue weighted by Gasteiger charge is 2.41. The van der Waals surface area contributed by atoms with Gasteiger partial charge in [0, 0.05) is 30.4 Å². The number of carbonyl (C=O) groups is 2. The molecule has 6 nitrogen and oxygen atoms in total. The molecule has 2 aromatic heterocycles. The summed E-state index contributed by atoms with van der Waals surface area (Å²) in [6, 6.07) is 12.4. The van der Waals surface area contributed by atoms with Crippen molar-refractivity contribution in [1.82, 2.24) is 14.9 Å². The molecule has 1 aliphatic rings. The van der Waals surface area contributed by atoms with Crippen LogP contribution in [0.2, 0.25) is 0 Å². The third-order valence-electron chi connectivity index (χ3n) is 5.61. The highest BCUT2D eigenvalue weighted by atomic mass is 32.1. The van der Waals surface area contributed by atoms with Crippen LogP contribution in [0.15, 0.2) is 60.4 Å². The zero-order valence-electron chi connectivity index (χ0n) is 16.0. The van der Waals surface area contributed by atoms with E-state index in [1.54, 1.807) is 16.2 Å². The topological polar surface area (TPSA) is 89.2 Å². The van der Waals surface area contributed by atoms with E-state index in [1.165, 1.54) is 29.0 Å². The van der Waals surface area contributed by atoms with Gasteiger partial charge in [-0.1, -0.05) is 30.3 Å². The maximum atomic E-state index is 12.6. The molecule has 0 spiro atoms. The monoisotopic (exact) mass is 406 g/mol. The number of hydrogen-bond donors (Lipinski definition) is 1. The van der Waals surface area contributed by atoms with E-state index in [0.717, 1.165) is 5.56 Å². The summed E-state index contributed by atoms with van der Waals surface area (Å²) in [5, 5.41) is 2.06. The Labute approximate surface area is 173 Å². The first-order valence-electron chi connectivity index (χ1n) is 9.55. The van der Waals surface area contributed by atoms with E-state index in [1.807, 2.05) is 6.07 Å². The van der Waals surface area contributed by atoms with Crippen LogP contribution in [0.3, 0.4) is 0 Å². The molecule has 29 heavy (non-hydrogen) atoms. The van der Waals surface area contributed by atoms with Crippen molar-refractivity contribution in [2.45, 2.75) is 19.3 Å². The lowest BCUT2D eigenvalue weighted by atomic mass is 9.73. The fourth-order valence-electron chi connectivity index (χ4n) is 3.84. The first kappa shape index (κ1) is 19.3. The Morgan fingerprint density at radius 3 is 2.45 bits per heavy atom. The number of nitrogens with two attached hydrogens (primary N) is 1. The molecule has 0 aliphatic carbocycles. The predicted octanol–water partition coefficient (Wildman–Crippen LogP) is 3.16. The first-order valence-corrected chi connectivity index (χ1v) is 10.4. The minimum absolute atomic E-state index is 0.156. The second-order valence-electron chi connectivity index (χ2n) is 7.38. The van der Waals surface area contributed by atoms with Gasteiger partial charge in [-0.25, -0.2) is 4.98 Å². The third-order valence-corrected chi connectivity index (χ3v) is 6.53. The number of likely N-dealkylation sites (tertiary alicyclic amines) is 1. The molecule has 0 unspecified atom stereocenters. The normalized spacial score (nSPS) is 15.8. The maximum absolute atomic E-state index is 12.6. The van der Waals surface area contributed by atoms with E-state index < -0.39 is 5.41 Å². The Bertz CT molecular complexity index is 979. The molecule has 1 fully saturated rings. The summed E-state index contributed by atoms with van der Waals surface area (Å²) < 4.78 is 0. The van der Waals surface area contributed by atoms with Crippen molar-refractivity contribution in [3.63, 3.8) is 0 Å². The number of rotatable bonds is 5. The quantitative estimate of drug-likeness (QED) is 0.705. The van der Waals surface area contributed by atoms with Crippen molar-refractivity contribution in [3.05, 3.63) is 71.6 Å². The van der Waals surface area contributed by atoms with Crippen molar-refractivity contribution in [2.75, 3.05) is 13.1 Å². The zero-order valence-corrected chi connectivity index (χ0v) is 16.8. The van der Waals surface area contributed by atoms with Gasteiger partial charge in [0.15, 0.2) is 0 Å². The average Bonchev–Trinajstić information content (AvgIpc) is 3.30. The summed E-state index contributed by atoms with van der Waals surface area (Å²) in [6.07, 6.45) is 6.18. The highest BCUT2D eigenvalue weighted by Crippen LogP contribution is 2.36. The average molecular weight is 407 g/mol. The lowest BCUT2D eigenvalue weighted by Crippen LogP contribution is -2.50. The minimum atomic E-state index is -0.635. The van der Waals surface area contributed by atoms with Crippen LogP contribution in [0.5, 0.6) is 0 Å². The van der Waals surface area contributed by atoms with Gasteiger partial charge >= 0.3 is 0 Å². The molecule has 0 saturated carbocycles. The summed E-state index contributed by atoms with van der Waals surface area (Å²) in [5.41, 5.74) is 7.76. The van der Waals surface area contributed by atoms with Crippen molar-refractivity contribution < 1.29 is 9.59 Å². The molecule has 1 aromatic carbocycles. The Kier molecular flexibility index (Phi) is 5.40. The fraction of sp³-hybridized carbons (Fsp3) is 0.273. The number of aromatic nitrogens is 2. The van der Waals surface area contributed by atoms with Crippen LogP contribution >= 0.6 is 11.3 Å². The third kappa shape index (κ3) is 4.05. The standard InChI is InChI=1S/C22H22N4O2S/c23-21(28)22(14-16-3-5-17(6-4-16)19-2-1-13-29-19)7-11-26(12-8-22)20(27)18-15-24-9-10-25-18/h1-6,9-10,13,15H,7-8,11-12,14H2,(H2,23,28). The Hall–Kier alpha value is -3.06. The molecule has 0 bridgehead atoms. The molecule has 2 amide bonds. The predicted molar refractivity (Wildman–Crippen MR) is 112 cm³/mol. The summed E-state index contributed by atoms with van der Waals surface area (Å²) in [5.74, 6) is -0.456. The van der Waals surface area contributed by atoms with E-state index in [2.05, 4.69) is 45.7 Å². The number of benzene rings is 1. The van der Waals surface area contributed by atoms with E-state index in [0.29, 0.717) is 38.0 Å². The minimum Gasteiger partial charge on any atom is -0.369 e. The van der Waals surface area contributed by atoms with Crippen LogP contribution in [-0.4, -0.2) is 39.8 Å². The zero-order chi connectivity index (χ0) is 20.3. The van der Waals surface area contributed by atoms with E-state index in [9.17, 15) is 9.59 Å². The van der Waals surface area contributed by atoms with Gasteiger partial charge < -0.3 is 10.6 Å². The van der Waals surface area contributed by atoms with Crippen molar-refractivity contribution in [1.29, 1.82) is 0 Å². The highest BCUT2D eigenvalue weighted by molar-refractivity contribution is 7.13. The van der Waals surface area contributed by atoms with E-state index in [-0.39, 0.29) is 11.8 Å². The molecule has 0 atom stereocenters. The van der Waals surface area contributed by atoms with Crippen LogP contribution < -0.4 is 5.73 Å². The molecule has 7 heteroatoms. The summed E-state index contributed by atoms with van der Waals surface area (Å²) in [4.78, 5) is 36.0. The molecule has 3 aromatic rings. The van der Waals surface area contributed by atoms with E-state index in [4.69, 9.17) is 5.73 Å². The largest absolute Gasteiger partial charge is 0.369 e. The van der Waals surface area contributed by atoms with Gasteiger partial charge in [0.25, 0.3) is 5.91 Å². The molecular formula is C22H22N4O2S. The number of hydrogen-bond acceptors (Lipinski definition) is 5. The number of thiophene rings is 1. The van der Waals surface area contributed by atoms with Gasteiger partial charge in [-0.2, -0.15) is 0 Å². The number of primary amides is 1. The second kappa shape index (κ2) is 8.13. The van der Waals surface area contributed by atoms with Crippen LogP contribution in [0.4, 0.5) is 0 Å². The number of carbonyl (C=O) groups excluding carboxylic acids is 2. The smallest absolute Gasteiger partial charge is 0.274 e.